The number of nitroso groups, excluding NO2 is 2. The van der Waals surface area contributed by atoms with Crippen molar-refractivity contribution < 1.29 is 29.3 Å². The summed E-state index contributed by atoms with van der Waals surface area (Å²) in [6.07, 6.45) is 0.749. The van der Waals surface area contributed by atoms with E-state index >= 15 is 0 Å². The highest BCUT2D eigenvalue weighted by Gasteiger charge is 2.23. The van der Waals surface area contributed by atoms with E-state index < -0.39 is 23.9 Å². The largest absolute Gasteiger partial charge is 0.503 e. The molecule has 2 amide bonds. The Hall–Kier alpha value is -3.86. The van der Waals surface area contributed by atoms with Gasteiger partial charge in [-0.25, -0.2) is 0 Å². The summed E-state index contributed by atoms with van der Waals surface area (Å²) >= 11 is 13.6. The Morgan fingerprint density at radius 2 is 0.980 bits per heavy atom. The monoisotopic (exact) mass is 936 g/mol. The summed E-state index contributed by atoms with van der Waals surface area (Å²) in [6.45, 7) is 0.416. The lowest BCUT2D eigenvalue weighted by molar-refractivity contribution is -0.123. The molecule has 0 saturated carbocycles. The summed E-state index contributed by atoms with van der Waals surface area (Å²) < 4.78 is 13.7. The van der Waals surface area contributed by atoms with E-state index in [1.165, 1.54) is 6.07 Å². The molecule has 12 nitrogen and oxygen atoms in total. The number of amides is 2. The highest BCUT2D eigenvalue weighted by atomic mass is 79.9. The maximum atomic E-state index is 13.0. The predicted octanol–water partition coefficient (Wildman–Crippen LogP) is 8.12. The molecular weight excluding hydrogens is 912 g/mol. The average Bonchev–Trinajstić information content (AvgIpc) is 3.08. The Labute approximate surface area is 319 Å². The van der Waals surface area contributed by atoms with Crippen molar-refractivity contribution in [2.75, 3.05) is 13.1 Å². The van der Waals surface area contributed by atoms with Gasteiger partial charge in [0.15, 0.2) is 35.1 Å². The molecule has 0 radical (unpaired) electrons. The summed E-state index contributed by atoms with van der Waals surface area (Å²) in [7, 11) is 0. The van der Waals surface area contributed by atoms with Crippen molar-refractivity contribution in [3.8, 4) is 34.5 Å². The van der Waals surface area contributed by atoms with Gasteiger partial charge in [0.2, 0.25) is 11.8 Å². The van der Waals surface area contributed by atoms with Crippen molar-refractivity contribution in [1.29, 1.82) is 0 Å². The van der Waals surface area contributed by atoms with Crippen LogP contribution in [0.4, 0.5) is 0 Å². The number of benzene rings is 4. The number of carbonyl (C=O) groups is 2. The van der Waals surface area contributed by atoms with Crippen LogP contribution in [0.1, 0.15) is 22.3 Å². The van der Waals surface area contributed by atoms with Gasteiger partial charge in [-0.15, -0.1) is 9.81 Å². The van der Waals surface area contributed by atoms with E-state index in [9.17, 15) is 29.6 Å². The molecule has 0 spiro atoms. The van der Waals surface area contributed by atoms with E-state index in [4.69, 9.17) is 9.47 Å². The smallest absolute Gasteiger partial charge is 0.248 e. The third-order valence-electron chi connectivity index (χ3n) is 7.75. The van der Waals surface area contributed by atoms with Crippen LogP contribution in [0.25, 0.3) is 0 Å². The van der Waals surface area contributed by atoms with E-state index in [0.717, 1.165) is 11.1 Å². The number of aromatic hydroxyl groups is 2. The number of ether oxygens (including phenoxy) is 2. The maximum Gasteiger partial charge on any atom is 0.248 e. The summed E-state index contributed by atoms with van der Waals surface area (Å²) in [5.74, 6) is -0.478. The lowest BCUT2D eigenvalue weighted by Gasteiger charge is -2.16. The molecule has 16 heteroatoms. The Bertz CT molecular complexity index is 1960. The van der Waals surface area contributed by atoms with E-state index in [0.29, 0.717) is 48.9 Å². The van der Waals surface area contributed by atoms with Gasteiger partial charge in [-0.2, -0.15) is 0 Å². The molecular formula is C34H28Br4N4O8. The first-order valence-electron chi connectivity index (χ1n) is 15.1. The van der Waals surface area contributed by atoms with Crippen LogP contribution < -0.4 is 20.1 Å². The average molecular weight is 940 g/mol. The number of hydrogen-bond acceptors (Lipinski definition) is 10. The molecule has 4 aromatic rings. The highest BCUT2D eigenvalue weighted by Crippen LogP contribution is 2.42. The molecule has 0 aromatic heterocycles. The number of hydrogen-bond donors (Lipinski definition) is 4. The molecule has 50 heavy (non-hydrogen) atoms. The summed E-state index contributed by atoms with van der Waals surface area (Å²) in [6, 6.07) is 14.3. The zero-order chi connectivity index (χ0) is 35.9. The molecule has 0 aliphatic carbocycles. The topological polar surface area (TPSA) is 176 Å². The van der Waals surface area contributed by atoms with Gasteiger partial charge in [-0.1, -0.05) is 22.5 Å². The molecule has 4 N–H and O–H groups in total. The maximum absolute atomic E-state index is 13.0. The second-order valence-corrected chi connectivity index (χ2v) is 14.7. The fourth-order valence-electron chi connectivity index (χ4n) is 5.14. The van der Waals surface area contributed by atoms with Crippen molar-refractivity contribution in [3.63, 3.8) is 0 Å². The first-order valence-corrected chi connectivity index (χ1v) is 18.3. The van der Waals surface area contributed by atoms with E-state index in [2.05, 4.69) is 84.7 Å². The highest BCUT2D eigenvalue weighted by molar-refractivity contribution is 9.11. The zero-order valence-electron chi connectivity index (χ0n) is 25.9. The van der Waals surface area contributed by atoms with Crippen LogP contribution in [0.2, 0.25) is 0 Å². The number of halogens is 4. The SMILES string of the molecule is O=NC1Cc2ccc(c(Br)c2)Oc2cc(cc(Br)c2O)CC(N=O)C(=O)NCCc2cc(Br)c(O)c(c2)Oc2ccc(cc2Br)CCNC1=O. The normalized spacial score (nSPS) is 17.4. The van der Waals surface area contributed by atoms with Crippen LogP contribution in [0.3, 0.4) is 0 Å². The summed E-state index contributed by atoms with van der Waals surface area (Å²) in [5.41, 5.74) is 2.71. The first-order chi connectivity index (χ1) is 23.9. The lowest BCUT2D eigenvalue weighted by atomic mass is 10.0. The number of phenolic OH excluding ortho intramolecular Hbond substituents is 2. The van der Waals surface area contributed by atoms with Crippen LogP contribution in [-0.2, 0) is 35.3 Å². The van der Waals surface area contributed by atoms with Crippen molar-refractivity contribution >= 4 is 75.5 Å². The third-order valence-corrected chi connectivity index (χ3v) is 10.2. The number of nitrogens with one attached hydrogen (secondary N) is 2. The fraction of sp³-hybridized carbons (Fsp3) is 0.235. The second kappa shape index (κ2) is 16.9. The molecule has 4 aromatic carbocycles. The van der Waals surface area contributed by atoms with Gasteiger partial charge < -0.3 is 30.3 Å². The third kappa shape index (κ3) is 9.27. The van der Waals surface area contributed by atoms with Crippen molar-refractivity contribution in [3.05, 3.63) is 111 Å². The molecule has 3 aliphatic rings. The molecule has 8 bridgehead atoms. The molecule has 3 aliphatic heterocycles. The minimum atomic E-state index is -1.28. The number of fused-ring (bicyclic) bond motifs is 2. The number of carbonyl (C=O) groups excluding carboxylic acids is 2. The van der Waals surface area contributed by atoms with Crippen molar-refractivity contribution in [2.45, 2.75) is 37.8 Å². The Morgan fingerprint density at radius 1 is 0.560 bits per heavy atom. The van der Waals surface area contributed by atoms with Crippen LogP contribution in [0.5, 0.6) is 34.5 Å². The van der Waals surface area contributed by atoms with E-state index in [1.807, 2.05) is 12.1 Å². The van der Waals surface area contributed by atoms with Gasteiger partial charge >= 0.3 is 0 Å². The Kier molecular flexibility index (Phi) is 12.6. The van der Waals surface area contributed by atoms with Gasteiger partial charge in [0.1, 0.15) is 11.5 Å². The van der Waals surface area contributed by atoms with Gasteiger partial charge in [-0.05, 0) is 147 Å². The van der Waals surface area contributed by atoms with Crippen LogP contribution in [-0.4, -0.2) is 47.2 Å². The molecule has 0 fully saturated rings. The molecule has 2 unspecified atom stereocenters. The van der Waals surface area contributed by atoms with E-state index in [-0.39, 0.29) is 53.4 Å². The quantitative estimate of drug-likeness (QED) is 0.146. The fourth-order valence-corrected chi connectivity index (χ4v) is 7.14. The Balaban J connectivity index is 1.44. The van der Waals surface area contributed by atoms with Gasteiger partial charge in [-0.3, -0.25) is 9.59 Å². The predicted molar refractivity (Wildman–Crippen MR) is 200 cm³/mol. The van der Waals surface area contributed by atoms with E-state index in [1.54, 1.807) is 42.5 Å². The van der Waals surface area contributed by atoms with Crippen molar-refractivity contribution in [2.24, 2.45) is 10.4 Å². The van der Waals surface area contributed by atoms with Crippen LogP contribution >= 0.6 is 63.7 Å². The molecule has 2 atom stereocenters. The molecule has 7 rings (SSSR count). The standard InChI is InChI=1S/C34H28Br4N4O8/c35-21-9-17-1-3-27(21)49-29-15-19(11-23(37)31(29)43)6-8-40-34(46)26(42-48)14-20-12-24(38)32(44)30(16-20)50-28-4-2-18(10-22(28)36)13-25(41-47)33(45)39-7-5-17/h1-4,9-12,15-16,25-26,43-44H,5-8,13-14H2,(H,39,45)(H,40,46). The second-order valence-electron chi connectivity index (χ2n) is 11.3. The first kappa shape index (κ1) is 37.4. The zero-order valence-corrected chi connectivity index (χ0v) is 32.3. The number of nitrogens with zero attached hydrogens (tertiary/aromatic N) is 2. The van der Waals surface area contributed by atoms with Gasteiger partial charge in [0, 0.05) is 25.9 Å². The van der Waals surface area contributed by atoms with Crippen LogP contribution in [0.15, 0.2) is 88.9 Å². The Morgan fingerprint density at radius 3 is 1.50 bits per heavy atom. The summed E-state index contributed by atoms with van der Waals surface area (Å²) in [4.78, 5) is 49.3. The molecule has 3 heterocycles. The molecule has 260 valence electrons. The number of phenols is 2. The minimum Gasteiger partial charge on any atom is -0.503 e. The van der Waals surface area contributed by atoms with Gasteiger partial charge in [0.05, 0.1) is 17.9 Å². The minimum absolute atomic E-state index is 0.0321. The van der Waals surface area contributed by atoms with Gasteiger partial charge in [0.25, 0.3) is 0 Å². The van der Waals surface area contributed by atoms with Crippen molar-refractivity contribution in [1.82, 2.24) is 10.6 Å². The van der Waals surface area contributed by atoms with Crippen LogP contribution in [0, 0.1) is 9.81 Å². The lowest BCUT2D eigenvalue weighted by Crippen LogP contribution is -2.35. The number of rotatable bonds is 2. The molecule has 0 saturated heterocycles. The summed E-state index contributed by atoms with van der Waals surface area (Å²) in [5, 5.41) is 33.0.